The first-order chi connectivity index (χ1) is 29.3. The molecule has 0 bridgehead atoms. The Bertz CT molecular complexity index is 1930. The van der Waals surface area contributed by atoms with Gasteiger partial charge in [-0.3, -0.25) is 9.97 Å². The number of nitrogens with zero attached hydrogens (tertiary/aromatic N) is 5. The fourth-order valence-electron chi connectivity index (χ4n) is 5.24. The van der Waals surface area contributed by atoms with Crippen LogP contribution in [0.2, 0.25) is 0 Å². The zero-order chi connectivity index (χ0) is 46.5. The van der Waals surface area contributed by atoms with Crippen LogP contribution in [0.1, 0.15) is 139 Å². The van der Waals surface area contributed by atoms with Gasteiger partial charge in [-0.05, 0) is 61.4 Å². The van der Waals surface area contributed by atoms with E-state index in [1.165, 1.54) is 72.2 Å². The zero-order valence-electron chi connectivity index (χ0n) is 41.1. The summed E-state index contributed by atoms with van der Waals surface area (Å²) in [6, 6.07) is 29.6. The van der Waals surface area contributed by atoms with Gasteiger partial charge in [0, 0.05) is 47.1 Å². The Morgan fingerprint density at radius 2 is 0.869 bits per heavy atom. The first kappa shape index (κ1) is 62.9. The van der Waals surface area contributed by atoms with E-state index in [1.54, 1.807) is 6.33 Å². The van der Waals surface area contributed by atoms with E-state index in [4.69, 9.17) is 0 Å². The van der Waals surface area contributed by atoms with Crippen LogP contribution < -0.4 is 4.90 Å². The SMILES string of the molecule is C.CC.CC.CC.CC.CC.CC.CC.Cc1ccc2c(c1)N(C)[C](=[V])CC2.Cc1ccc2ccncc2c1.Cc1ccc2cnccc2c1.Cc1ccc2cncnc2c1. The molecule has 6 heteroatoms. The summed E-state index contributed by atoms with van der Waals surface area (Å²) in [4.78, 5) is 18.4. The minimum Gasteiger partial charge on any atom is -0.264 e. The van der Waals surface area contributed by atoms with Gasteiger partial charge in [0.15, 0.2) is 0 Å². The van der Waals surface area contributed by atoms with Gasteiger partial charge < -0.3 is 0 Å². The fraction of sp³-hybridized carbons (Fsp3) is 0.400. The Labute approximate surface area is 384 Å². The molecule has 0 amide bonds. The maximum Gasteiger partial charge on any atom is 0.116 e. The van der Waals surface area contributed by atoms with E-state index in [2.05, 4.69) is 143 Å². The maximum atomic E-state index is 4.13. The Balaban J connectivity index is -0.000000322. The largest absolute Gasteiger partial charge is 0.264 e. The quantitative estimate of drug-likeness (QED) is 0.152. The van der Waals surface area contributed by atoms with Gasteiger partial charge in [-0.2, -0.15) is 0 Å². The smallest absolute Gasteiger partial charge is 0.116 e. The van der Waals surface area contributed by atoms with Crippen molar-refractivity contribution in [3.8, 4) is 0 Å². The van der Waals surface area contributed by atoms with E-state index in [1.807, 2.05) is 146 Å². The van der Waals surface area contributed by atoms with E-state index < -0.39 is 0 Å². The summed E-state index contributed by atoms with van der Waals surface area (Å²) in [7, 11) is 2.14. The third-order valence-electron chi connectivity index (χ3n) is 7.86. The topological polar surface area (TPSA) is 54.8 Å². The molecule has 5 nitrogen and oxygen atoms in total. The van der Waals surface area contributed by atoms with Crippen LogP contribution >= 0.6 is 0 Å². The molecule has 1 aliphatic rings. The van der Waals surface area contributed by atoms with E-state index in [-0.39, 0.29) is 7.43 Å². The molecule has 61 heavy (non-hydrogen) atoms. The molecule has 0 saturated heterocycles. The van der Waals surface area contributed by atoms with Crippen LogP contribution in [0.5, 0.6) is 0 Å². The molecule has 7 aromatic rings. The molecule has 0 fully saturated rings. The molecular weight excluding hydrogens is 782 g/mol. The minimum atomic E-state index is 0. The zero-order valence-corrected chi connectivity index (χ0v) is 42.5. The van der Waals surface area contributed by atoms with E-state index in [9.17, 15) is 0 Å². The van der Waals surface area contributed by atoms with Crippen molar-refractivity contribution < 1.29 is 17.0 Å². The average Bonchev–Trinajstić information content (AvgIpc) is 3.33. The normalized spacial score (nSPS) is 9.61. The number of hydrogen-bond acceptors (Lipinski definition) is 5. The Hall–Kier alpha value is -4.71. The molecule has 8 rings (SSSR count). The number of fused-ring (bicyclic) bond motifs is 4. The molecule has 0 aliphatic carbocycles. The van der Waals surface area contributed by atoms with Gasteiger partial charge >= 0.3 is 88.1 Å². The average molecular weight is 867 g/mol. The standard InChI is InChI=1S/C11H13N.2C10H9N.C9H8N2.7C2H6.CH4.V/c1-9-5-6-10-4-3-7-12(2)11(10)8-9;1-8-2-3-10-7-11-5-4-9(10)6-8;1-8-2-3-9-4-5-11-7-10(9)6-8;1-7-2-3-8-5-10-6-11-9(8)4-7;7*1-2;;/h5-6,8H,3-4H2,1-2H3;2*2-7H,1H3;2-6H,1H3;7*1-2H3;1H4;. The van der Waals surface area contributed by atoms with Crippen LogP contribution in [0.25, 0.3) is 32.4 Å². The van der Waals surface area contributed by atoms with Crippen LogP contribution in [0.4, 0.5) is 5.69 Å². The first-order valence-corrected chi connectivity index (χ1v) is 23.1. The van der Waals surface area contributed by atoms with Gasteiger partial charge in [0.25, 0.3) is 0 Å². The van der Waals surface area contributed by atoms with Crippen LogP contribution in [0.15, 0.2) is 122 Å². The fourth-order valence-corrected chi connectivity index (χ4v) is 5.58. The minimum absolute atomic E-state index is 0. The molecule has 0 spiro atoms. The van der Waals surface area contributed by atoms with Crippen molar-refractivity contribution >= 4 is 42.5 Å². The second-order valence-corrected chi connectivity index (χ2v) is 12.5. The summed E-state index contributed by atoms with van der Waals surface area (Å²) in [5.41, 5.74) is 9.02. The van der Waals surface area contributed by atoms with E-state index in [0.717, 1.165) is 10.9 Å². The van der Waals surface area contributed by atoms with Crippen molar-refractivity contribution in [3.63, 3.8) is 0 Å². The van der Waals surface area contributed by atoms with E-state index in [0.29, 0.717) is 0 Å². The summed E-state index contributed by atoms with van der Waals surface area (Å²) in [6.45, 7) is 36.4. The Morgan fingerprint density at radius 3 is 1.44 bits per heavy atom. The van der Waals surface area contributed by atoms with Crippen LogP contribution in [0, 0.1) is 27.7 Å². The summed E-state index contributed by atoms with van der Waals surface area (Å²) >= 11 is 2.67. The van der Waals surface area contributed by atoms with Crippen molar-refractivity contribution in [1.82, 2.24) is 19.9 Å². The van der Waals surface area contributed by atoms with Crippen LogP contribution in [-0.2, 0) is 23.4 Å². The van der Waals surface area contributed by atoms with Gasteiger partial charge in [-0.15, -0.1) is 0 Å². The third kappa shape index (κ3) is 23.8. The number of aryl methyl sites for hydroxylation is 5. The summed E-state index contributed by atoms with van der Waals surface area (Å²) in [6.07, 6.45) is 13.2. The maximum absolute atomic E-state index is 4.13. The number of hydrogen-bond donors (Lipinski definition) is 0. The Kier molecular flexibility index (Phi) is 42.0. The molecule has 1 aliphatic heterocycles. The van der Waals surface area contributed by atoms with Crippen molar-refractivity contribution in [3.05, 3.63) is 150 Å². The van der Waals surface area contributed by atoms with Gasteiger partial charge in [-0.1, -0.05) is 158 Å². The molecular formula is C55H85N5V. The summed E-state index contributed by atoms with van der Waals surface area (Å²) in [5, 5.41) is 6.04. The molecule has 3 aromatic heterocycles. The first-order valence-electron chi connectivity index (χ1n) is 22.4. The van der Waals surface area contributed by atoms with Crippen LogP contribution in [-0.4, -0.2) is 31.3 Å². The number of benzene rings is 4. The second-order valence-electron chi connectivity index (χ2n) is 11.6. The van der Waals surface area contributed by atoms with Crippen molar-refractivity contribution in [2.75, 3.05) is 11.9 Å². The second kappa shape index (κ2) is 40.7. The molecule has 0 radical (unpaired) electrons. The van der Waals surface area contributed by atoms with Crippen LogP contribution in [0.3, 0.4) is 0 Å². The van der Waals surface area contributed by atoms with Gasteiger partial charge in [0.2, 0.25) is 0 Å². The molecule has 0 atom stereocenters. The number of pyridine rings is 2. The predicted octanol–water partition coefficient (Wildman–Crippen LogP) is 16.9. The van der Waals surface area contributed by atoms with Crippen molar-refractivity contribution in [2.24, 2.45) is 0 Å². The summed E-state index contributed by atoms with van der Waals surface area (Å²) < 4.78 is 1.41. The van der Waals surface area contributed by atoms with Crippen molar-refractivity contribution in [2.45, 2.75) is 145 Å². The monoisotopic (exact) mass is 867 g/mol. The van der Waals surface area contributed by atoms with Crippen molar-refractivity contribution in [1.29, 1.82) is 0 Å². The number of anilines is 1. The molecule has 0 saturated carbocycles. The predicted molar refractivity (Wildman–Crippen MR) is 276 cm³/mol. The summed E-state index contributed by atoms with van der Waals surface area (Å²) in [5.74, 6) is 0. The number of rotatable bonds is 0. The van der Waals surface area contributed by atoms with Gasteiger partial charge in [-0.25, -0.2) is 9.97 Å². The third-order valence-corrected chi connectivity index (χ3v) is 8.68. The molecule has 4 heterocycles. The molecule has 0 unspecified atom stereocenters. The Morgan fingerprint density at radius 1 is 0.443 bits per heavy atom. The number of aromatic nitrogens is 4. The molecule has 0 N–H and O–H groups in total. The molecule has 4 aromatic carbocycles. The van der Waals surface area contributed by atoms with E-state index >= 15 is 0 Å². The van der Waals surface area contributed by atoms with Gasteiger partial charge in [0.1, 0.15) is 6.33 Å². The van der Waals surface area contributed by atoms with Gasteiger partial charge in [0.05, 0.1) is 5.52 Å². The molecule has 335 valence electrons.